The highest BCUT2D eigenvalue weighted by atomic mass is 19.1. The number of aryl methyl sites for hydroxylation is 1. The smallest absolute Gasteiger partial charge is 0.336 e. The van der Waals surface area contributed by atoms with Gasteiger partial charge in [-0.05, 0) is 48.4 Å². The Labute approximate surface area is 136 Å². The fourth-order valence-corrected chi connectivity index (χ4v) is 2.29. The first-order valence-corrected chi connectivity index (χ1v) is 7.21. The molecule has 1 aromatic heterocycles. The standard InChI is InChI=1S/C19H13FO4/c1-12-9-19(22)24-17-11-15(6-7-16(12)17)23-18(21)8-5-13-3-2-4-14(20)10-13/h2-11H,1H3/b8-5+. The molecule has 24 heavy (non-hydrogen) atoms. The van der Waals surface area contributed by atoms with E-state index in [9.17, 15) is 14.0 Å². The van der Waals surface area contributed by atoms with Gasteiger partial charge in [0.05, 0.1) is 0 Å². The van der Waals surface area contributed by atoms with Crippen LogP contribution in [0.2, 0.25) is 0 Å². The number of carbonyl (C=O) groups excluding carboxylic acids is 1. The fourth-order valence-electron chi connectivity index (χ4n) is 2.29. The van der Waals surface area contributed by atoms with Crippen molar-refractivity contribution in [3.8, 4) is 5.75 Å². The van der Waals surface area contributed by atoms with Crippen molar-refractivity contribution in [2.75, 3.05) is 0 Å². The molecule has 120 valence electrons. The zero-order valence-electron chi connectivity index (χ0n) is 12.8. The number of fused-ring (bicyclic) bond motifs is 1. The minimum atomic E-state index is -0.617. The van der Waals surface area contributed by atoms with E-state index in [0.29, 0.717) is 11.1 Å². The van der Waals surface area contributed by atoms with Gasteiger partial charge in [-0.1, -0.05) is 12.1 Å². The Hall–Kier alpha value is -3.21. The van der Waals surface area contributed by atoms with Gasteiger partial charge in [0.25, 0.3) is 0 Å². The van der Waals surface area contributed by atoms with E-state index in [1.54, 1.807) is 31.2 Å². The number of ether oxygens (including phenoxy) is 1. The second-order valence-electron chi connectivity index (χ2n) is 5.22. The second-order valence-corrected chi connectivity index (χ2v) is 5.22. The van der Waals surface area contributed by atoms with Crippen LogP contribution in [0.5, 0.6) is 5.75 Å². The molecule has 2 aromatic carbocycles. The molecule has 0 aliphatic heterocycles. The molecule has 0 N–H and O–H groups in total. The average Bonchev–Trinajstić information content (AvgIpc) is 2.52. The summed E-state index contributed by atoms with van der Waals surface area (Å²) in [5.74, 6) is -0.746. The highest BCUT2D eigenvalue weighted by Gasteiger charge is 2.06. The SMILES string of the molecule is Cc1cc(=O)oc2cc(OC(=O)/C=C/c3cccc(F)c3)ccc12. The lowest BCUT2D eigenvalue weighted by Crippen LogP contribution is -2.04. The van der Waals surface area contributed by atoms with E-state index in [2.05, 4.69) is 0 Å². The molecule has 0 radical (unpaired) electrons. The maximum absolute atomic E-state index is 13.1. The molecule has 0 aliphatic carbocycles. The number of hydrogen-bond donors (Lipinski definition) is 0. The molecule has 0 amide bonds. The lowest BCUT2D eigenvalue weighted by Gasteiger charge is -2.04. The number of esters is 1. The lowest BCUT2D eigenvalue weighted by atomic mass is 10.1. The summed E-state index contributed by atoms with van der Waals surface area (Å²) in [5, 5.41) is 0.768. The van der Waals surface area contributed by atoms with Crippen LogP contribution in [0.3, 0.4) is 0 Å². The number of benzene rings is 2. The van der Waals surface area contributed by atoms with Gasteiger partial charge in [-0.25, -0.2) is 14.0 Å². The Morgan fingerprint density at radius 2 is 2.00 bits per heavy atom. The number of carbonyl (C=O) groups is 1. The third-order valence-corrected chi connectivity index (χ3v) is 3.40. The lowest BCUT2D eigenvalue weighted by molar-refractivity contribution is -0.128. The van der Waals surface area contributed by atoms with Crippen molar-refractivity contribution >= 4 is 23.0 Å². The third-order valence-electron chi connectivity index (χ3n) is 3.40. The van der Waals surface area contributed by atoms with Crippen molar-refractivity contribution in [2.45, 2.75) is 6.92 Å². The monoisotopic (exact) mass is 324 g/mol. The summed E-state index contributed by atoms with van der Waals surface area (Å²) in [5.41, 5.74) is 1.21. The Morgan fingerprint density at radius 1 is 1.17 bits per heavy atom. The maximum atomic E-state index is 13.1. The topological polar surface area (TPSA) is 56.5 Å². The van der Waals surface area contributed by atoms with Gasteiger partial charge in [0.15, 0.2) is 0 Å². The minimum absolute atomic E-state index is 0.255. The predicted molar refractivity (Wildman–Crippen MR) is 88.3 cm³/mol. The molecule has 0 saturated heterocycles. The van der Waals surface area contributed by atoms with Gasteiger partial charge in [-0.3, -0.25) is 0 Å². The second kappa shape index (κ2) is 6.50. The summed E-state index contributed by atoms with van der Waals surface area (Å²) in [6.45, 7) is 1.80. The van der Waals surface area contributed by atoms with Crippen LogP contribution >= 0.6 is 0 Å². The Bertz CT molecular complexity index is 1000. The van der Waals surface area contributed by atoms with E-state index in [1.807, 2.05) is 0 Å². The third kappa shape index (κ3) is 3.57. The molecule has 0 saturated carbocycles. The van der Waals surface area contributed by atoms with Crippen molar-refractivity contribution in [1.29, 1.82) is 0 Å². The van der Waals surface area contributed by atoms with Crippen LogP contribution in [0.25, 0.3) is 17.0 Å². The molecule has 3 aromatic rings. The van der Waals surface area contributed by atoms with Crippen LogP contribution < -0.4 is 10.4 Å². The molecule has 0 unspecified atom stereocenters. The summed E-state index contributed by atoms with van der Waals surface area (Å²) in [4.78, 5) is 23.3. The molecule has 0 aliphatic rings. The first-order valence-electron chi connectivity index (χ1n) is 7.21. The predicted octanol–water partition coefficient (Wildman–Crippen LogP) is 3.86. The van der Waals surface area contributed by atoms with E-state index < -0.39 is 11.6 Å². The Balaban J connectivity index is 1.79. The molecule has 4 nitrogen and oxygen atoms in total. The molecule has 3 rings (SSSR count). The summed E-state index contributed by atoms with van der Waals surface area (Å²) in [7, 11) is 0. The first kappa shape index (κ1) is 15.7. The summed E-state index contributed by atoms with van der Waals surface area (Å²) >= 11 is 0. The van der Waals surface area contributed by atoms with Crippen molar-refractivity contribution in [1.82, 2.24) is 0 Å². The van der Waals surface area contributed by atoms with Gasteiger partial charge in [0.1, 0.15) is 17.1 Å². The highest BCUT2D eigenvalue weighted by molar-refractivity contribution is 5.89. The summed E-state index contributed by atoms with van der Waals surface area (Å²) in [6, 6.07) is 12.1. The average molecular weight is 324 g/mol. The van der Waals surface area contributed by atoms with Crippen LogP contribution in [-0.4, -0.2) is 5.97 Å². The van der Waals surface area contributed by atoms with Crippen LogP contribution in [0.15, 0.2) is 63.8 Å². The molecule has 5 heteroatoms. The van der Waals surface area contributed by atoms with Gasteiger partial charge in [-0.2, -0.15) is 0 Å². The summed E-state index contributed by atoms with van der Waals surface area (Å²) in [6.07, 6.45) is 2.65. The van der Waals surface area contributed by atoms with Crippen LogP contribution in [0, 0.1) is 12.7 Å². The van der Waals surface area contributed by atoms with Gasteiger partial charge < -0.3 is 9.15 Å². The first-order chi connectivity index (χ1) is 11.5. The van der Waals surface area contributed by atoms with Crippen LogP contribution in [-0.2, 0) is 4.79 Å². The van der Waals surface area contributed by atoms with Gasteiger partial charge in [-0.15, -0.1) is 0 Å². The molecular weight excluding hydrogens is 311 g/mol. The molecule has 0 bridgehead atoms. The van der Waals surface area contributed by atoms with Crippen LogP contribution in [0.4, 0.5) is 4.39 Å². The molecular formula is C19H13FO4. The minimum Gasteiger partial charge on any atom is -0.423 e. The van der Waals surface area contributed by atoms with Crippen molar-refractivity contribution in [3.63, 3.8) is 0 Å². The Kier molecular flexibility index (Phi) is 4.24. The van der Waals surface area contributed by atoms with E-state index in [0.717, 1.165) is 10.9 Å². The molecule has 0 fully saturated rings. The van der Waals surface area contributed by atoms with Crippen molar-refractivity contribution in [3.05, 3.63) is 82.0 Å². The zero-order valence-corrected chi connectivity index (χ0v) is 12.8. The molecule has 0 spiro atoms. The van der Waals surface area contributed by atoms with Gasteiger partial charge >= 0.3 is 11.6 Å². The van der Waals surface area contributed by atoms with E-state index in [-0.39, 0.29) is 11.6 Å². The number of hydrogen-bond acceptors (Lipinski definition) is 4. The Morgan fingerprint density at radius 3 is 2.79 bits per heavy atom. The number of rotatable bonds is 3. The van der Waals surface area contributed by atoms with E-state index >= 15 is 0 Å². The highest BCUT2D eigenvalue weighted by Crippen LogP contribution is 2.22. The van der Waals surface area contributed by atoms with Crippen molar-refractivity contribution in [2.24, 2.45) is 0 Å². The van der Waals surface area contributed by atoms with Gasteiger partial charge in [0, 0.05) is 23.6 Å². The van der Waals surface area contributed by atoms with E-state index in [4.69, 9.17) is 9.15 Å². The summed E-state index contributed by atoms with van der Waals surface area (Å²) < 4.78 is 23.3. The fraction of sp³-hybridized carbons (Fsp3) is 0.0526. The number of halogens is 1. The van der Waals surface area contributed by atoms with Gasteiger partial charge in [0.2, 0.25) is 0 Å². The van der Waals surface area contributed by atoms with Crippen LogP contribution in [0.1, 0.15) is 11.1 Å². The normalized spacial score (nSPS) is 11.1. The largest absolute Gasteiger partial charge is 0.423 e. The quantitative estimate of drug-likeness (QED) is 0.318. The van der Waals surface area contributed by atoms with E-state index in [1.165, 1.54) is 36.4 Å². The maximum Gasteiger partial charge on any atom is 0.336 e. The zero-order chi connectivity index (χ0) is 17.1. The molecule has 1 heterocycles. The van der Waals surface area contributed by atoms with Crippen molar-refractivity contribution < 1.29 is 18.3 Å². The molecule has 0 atom stereocenters.